The van der Waals surface area contributed by atoms with E-state index in [0.29, 0.717) is 23.5 Å². The molecule has 0 aliphatic rings. The normalized spacial score (nSPS) is 10.8. The standard InChI is InChI=1S/C23H23N5O2S/c1-14-9-15(2)11-18(10-14)25-23-24-16(3)12-20(27-23)29-13-21-26-22(28-30-21)17-5-7-19(31-4)8-6-17/h5-12H,13H2,1-4H3,(H,24,25,27). The van der Waals surface area contributed by atoms with E-state index in [9.17, 15) is 0 Å². The zero-order valence-corrected chi connectivity index (χ0v) is 18.7. The highest BCUT2D eigenvalue weighted by molar-refractivity contribution is 7.98. The van der Waals surface area contributed by atoms with Gasteiger partial charge in [0.2, 0.25) is 17.7 Å². The Hall–Kier alpha value is -3.39. The van der Waals surface area contributed by atoms with Crippen molar-refractivity contribution in [2.75, 3.05) is 11.6 Å². The highest BCUT2D eigenvalue weighted by Crippen LogP contribution is 2.22. The van der Waals surface area contributed by atoms with E-state index >= 15 is 0 Å². The second-order valence-corrected chi connectivity index (χ2v) is 8.08. The quantitative estimate of drug-likeness (QED) is 0.383. The van der Waals surface area contributed by atoms with E-state index in [1.807, 2.05) is 49.6 Å². The maximum absolute atomic E-state index is 5.79. The number of nitrogens with zero attached hydrogens (tertiary/aromatic N) is 4. The molecule has 0 saturated heterocycles. The molecule has 4 aromatic rings. The van der Waals surface area contributed by atoms with Crippen LogP contribution in [-0.4, -0.2) is 26.4 Å². The maximum Gasteiger partial charge on any atom is 0.264 e. The van der Waals surface area contributed by atoms with Crippen molar-refractivity contribution in [2.24, 2.45) is 0 Å². The molecule has 0 aliphatic heterocycles. The molecule has 0 unspecified atom stereocenters. The first-order valence-corrected chi connectivity index (χ1v) is 11.0. The summed E-state index contributed by atoms with van der Waals surface area (Å²) in [6.45, 7) is 6.12. The average molecular weight is 434 g/mol. The molecule has 0 bridgehead atoms. The SMILES string of the molecule is CSc1ccc(-c2noc(COc3cc(C)nc(Nc4cc(C)cc(C)c4)n3)n2)cc1. The molecule has 2 aromatic heterocycles. The Morgan fingerprint density at radius 1 is 0.935 bits per heavy atom. The number of rotatable bonds is 7. The first-order valence-electron chi connectivity index (χ1n) is 9.79. The van der Waals surface area contributed by atoms with Crippen molar-refractivity contribution in [1.82, 2.24) is 20.1 Å². The minimum absolute atomic E-state index is 0.120. The van der Waals surface area contributed by atoms with Crippen LogP contribution in [0.25, 0.3) is 11.4 Å². The summed E-state index contributed by atoms with van der Waals surface area (Å²) in [5.41, 5.74) is 4.95. The topological polar surface area (TPSA) is 86.0 Å². The second-order valence-electron chi connectivity index (χ2n) is 7.20. The number of nitrogens with one attached hydrogen (secondary N) is 1. The molecule has 0 saturated carbocycles. The Morgan fingerprint density at radius 3 is 2.39 bits per heavy atom. The number of anilines is 2. The molecular weight excluding hydrogens is 410 g/mol. The summed E-state index contributed by atoms with van der Waals surface area (Å²) in [6.07, 6.45) is 2.04. The highest BCUT2D eigenvalue weighted by atomic mass is 32.2. The molecule has 2 aromatic carbocycles. The van der Waals surface area contributed by atoms with Gasteiger partial charge in [0, 0.05) is 27.9 Å². The Balaban J connectivity index is 1.44. The minimum Gasteiger partial charge on any atom is -0.467 e. The maximum atomic E-state index is 5.79. The lowest BCUT2D eigenvalue weighted by atomic mass is 10.1. The smallest absolute Gasteiger partial charge is 0.264 e. The monoisotopic (exact) mass is 433 g/mol. The number of aromatic nitrogens is 4. The lowest BCUT2D eigenvalue weighted by Crippen LogP contribution is -2.03. The zero-order chi connectivity index (χ0) is 21.8. The zero-order valence-electron chi connectivity index (χ0n) is 17.8. The third-order valence-electron chi connectivity index (χ3n) is 4.47. The van der Waals surface area contributed by atoms with Crippen LogP contribution in [0.1, 0.15) is 22.7 Å². The van der Waals surface area contributed by atoms with Crippen LogP contribution in [0.4, 0.5) is 11.6 Å². The summed E-state index contributed by atoms with van der Waals surface area (Å²) in [4.78, 5) is 14.5. The van der Waals surface area contributed by atoms with Crippen LogP contribution in [0.15, 0.2) is 57.9 Å². The fraction of sp³-hybridized carbons (Fsp3) is 0.217. The van der Waals surface area contributed by atoms with Crippen LogP contribution < -0.4 is 10.1 Å². The van der Waals surface area contributed by atoms with Crippen molar-refractivity contribution in [3.63, 3.8) is 0 Å². The third-order valence-corrected chi connectivity index (χ3v) is 5.21. The van der Waals surface area contributed by atoms with Crippen LogP contribution in [0.2, 0.25) is 0 Å². The van der Waals surface area contributed by atoms with Gasteiger partial charge in [-0.3, -0.25) is 0 Å². The fourth-order valence-corrected chi connectivity index (χ4v) is 3.56. The van der Waals surface area contributed by atoms with Crippen molar-refractivity contribution >= 4 is 23.4 Å². The predicted molar refractivity (Wildman–Crippen MR) is 122 cm³/mol. The molecule has 1 N–H and O–H groups in total. The van der Waals surface area contributed by atoms with Crippen molar-refractivity contribution in [3.05, 3.63) is 71.2 Å². The number of benzene rings is 2. The number of aryl methyl sites for hydroxylation is 3. The van der Waals surface area contributed by atoms with Crippen LogP contribution in [-0.2, 0) is 6.61 Å². The molecule has 0 amide bonds. The highest BCUT2D eigenvalue weighted by Gasteiger charge is 2.11. The predicted octanol–water partition coefficient (Wildman–Crippen LogP) is 5.50. The van der Waals surface area contributed by atoms with Crippen LogP contribution in [0.5, 0.6) is 5.88 Å². The van der Waals surface area contributed by atoms with Gasteiger partial charge in [-0.1, -0.05) is 11.2 Å². The van der Waals surface area contributed by atoms with Crippen LogP contribution in [0, 0.1) is 20.8 Å². The minimum atomic E-state index is 0.120. The van der Waals surface area contributed by atoms with Crippen molar-refractivity contribution in [3.8, 4) is 17.3 Å². The van der Waals surface area contributed by atoms with Gasteiger partial charge < -0.3 is 14.6 Å². The summed E-state index contributed by atoms with van der Waals surface area (Å²) in [6, 6.07) is 16.0. The van der Waals surface area contributed by atoms with Crippen molar-refractivity contribution in [1.29, 1.82) is 0 Å². The summed E-state index contributed by atoms with van der Waals surface area (Å²) in [5, 5.41) is 7.29. The van der Waals surface area contributed by atoms with Crippen LogP contribution >= 0.6 is 11.8 Å². The Bertz CT molecular complexity index is 1170. The Morgan fingerprint density at radius 2 is 1.68 bits per heavy atom. The first-order chi connectivity index (χ1) is 15.0. The van der Waals surface area contributed by atoms with Gasteiger partial charge in [-0.25, -0.2) is 4.98 Å². The van der Waals surface area contributed by atoms with E-state index in [2.05, 4.69) is 45.3 Å². The van der Waals surface area contributed by atoms with Gasteiger partial charge in [-0.15, -0.1) is 11.8 Å². The number of hydrogen-bond donors (Lipinski definition) is 1. The average Bonchev–Trinajstić information content (AvgIpc) is 3.20. The molecule has 0 fully saturated rings. The van der Waals surface area contributed by atoms with Crippen LogP contribution in [0.3, 0.4) is 0 Å². The largest absolute Gasteiger partial charge is 0.467 e. The number of ether oxygens (including phenoxy) is 1. The van der Waals surface area contributed by atoms with E-state index < -0.39 is 0 Å². The molecule has 31 heavy (non-hydrogen) atoms. The lowest BCUT2D eigenvalue weighted by molar-refractivity contribution is 0.235. The van der Waals surface area contributed by atoms with Gasteiger partial charge >= 0.3 is 0 Å². The van der Waals surface area contributed by atoms with E-state index in [4.69, 9.17) is 9.26 Å². The van der Waals surface area contributed by atoms with Gasteiger partial charge in [0.15, 0.2) is 6.61 Å². The Kier molecular flexibility index (Phi) is 6.18. The molecule has 0 aliphatic carbocycles. The summed E-state index contributed by atoms with van der Waals surface area (Å²) in [7, 11) is 0. The fourth-order valence-electron chi connectivity index (χ4n) is 3.15. The molecule has 4 rings (SSSR count). The number of thioether (sulfide) groups is 1. The van der Waals surface area contributed by atoms with E-state index in [1.54, 1.807) is 17.8 Å². The summed E-state index contributed by atoms with van der Waals surface area (Å²) < 4.78 is 11.1. The first kappa shape index (κ1) is 20.9. The van der Waals surface area contributed by atoms with Crippen molar-refractivity contribution in [2.45, 2.75) is 32.3 Å². The molecular formula is C23H23N5O2S. The molecule has 8 heteroatoms. The third kappa shape index (κ3) is 5.40. The van der Waals surface area contributed by atoms with Gasteiger partial charge in [-0.2, -0.15) is 9.97 Å². The van der Waals surface area contributed by atoms with Gasteiger partial charge in [-0.05, 0) is 74.6 Å². The van der Waals surface area contributed by atoms with Gasteiger partial charge in [0.05, 0.1) is 0 Å². The number of hydrogen-bond acceptors (Lipinski definition) is 8. The van der Waals surface area contributed by atoms with Gasteiger partial charge in [0.25, 0.3) is 5.89 Å². The molecule has 7 nitrogen and oxygen atoms in total. The summed E-state index contributed by atoms with van der Waals surface area (Å²) in [5.74, 6) is 1.81. The molecule has 158 valence electrons. The van der Waals surface area contributed by atoms with E-state index in [-0.39, 0.29) is 6.61 Å². The Labute approximate surface area is 185 Å². The van der Waals surface area contributed by atoms with Crippen molar-refractivity contribution < 1.29 is 9.26 Å². The molecule has 2 heterocycles. The van der Waals surface area contributed by atoms with Gasteiger partial charge in [0.1, 0.15) is 0 Å². The van der Waals surface area contributed by atoms with E-state index in [1.165, 1.54) is 16.0 Å². The second kappa shape index (κ2) is 9.18. The summed E-state index contributed by atoms with van der Waals surface area (Å²) >= 11 is 1.69. The molecule has 0 atom stereocenters. The van der Waals surface area contributed by atoms with E-state index in [0.717, 1.165) is 16.9 Å². The molecule has 0 radical (unpaired) electrons. The lowest BCUT2D eigenvalue weighted by Gasteiger charge is -2.10. The molecule has 0 spiro atoms.